The summed E-state index contributed by atoms with van der Waals surface area (Å²) in [5.41, 5.74) is 15.4. The summed E-state index contributed by atoms with van der Waals surface area (Å²) < 4.78 is 24.0. The molecule has 0 atom stereocenters. The van der Waals surface area contributed by atoms with Gasteiger partial charge in [-0.1, -0.05) is 72.8 Å². The van der Waals surface area contributed by atoms with Crippen molar-refractivity contribution in [2.45, 2.75) is 0 Å². The Bertz CT molecular complexity index is 3170. The van der Waals surface area contributed by atoms with Crippen LogP contribution in [0.3, 0.4) is 0 Å². The van der Waals surface area contributed by atoms with Crippen LogP contribution in [0.4, 0.5) is 0 Å². The van der Waals surface area contributed by atoms with Crippen LogP contribution in [0.5, 0.6) is 23.0 Å². The Kier molecular flexibility index (Phi) is 4.29. The van der Waals surface area contributed by atoms with Crippen LogP contribution in [0.25, 0.3) is 88.8 Å². The molecular formula is C44H21BN4O3. The minimum absolute atomic E-state index is 0.0624. The maximum atomic E-state index is 6.61. The van der Waals surface area contributed by atoms with Gasteiger partial charge in [-0.2, -0.15) is 10.2 Å². The number of hydrogen-bond donors (Lipinski definition) is 0. The zero-order valence-electron chi connectivity index (χ0n) is 27.2. The van der Waals surface area contributed by atoms with E-state index in [0.29, 0.717) is 0 Å². The number of furan rings is 1. The van der Waals surface area contributed by atoms with E-state index in [2.05, 4.69) is 100 Å². The molecule has 0 bridgehead atoms. The van der Waals surface area contributed by atoms with Gasteiger partial charge in [0.25, 0.3) is 6.71 Å². The van der Waals surface area contributed by atoms with E-state index in [1.54, 1.807) is 0 Å². The van der Waals surface area contributed by atoms with Crippen LogP contribution in [0, 0.1) is 0 Å². The van der Waals surface area contributed by atoms with Crippen LogP contribution in [-0.2, 0) is 0 Å². The van der Waals surface area contributed by atoms with Crippen molar-refractivity contribution in [2.24, 2.45) is 0 Å². The third-order valence-corrected chi connectivity index (χ3v) is 11.6. The molecule has 4 aliphatic heterocycles. The first-order valence-electron chi connectivity index (χ1n) is 17.5. The van der Waals surface area contributed by atoms with E-state index >= 15 is 0 Å². The average Bonchev–Trinajstić information content (AvgIpc) is 3.91. The number of hydrogen-bond acceptors (Lipinski definition) is 5. The molecule has 0 saturated heterocycles. The van der Waals surface area contributed by atoms with Crippen LogP contribution < -0.4 is 25.9 Å². The van der Waals surface area contributed by atoms with Crippen LogP contribution in [-0.4, -0.2) is 26.3 Å². The lowest BCUT2D eigenvalue weighted by Gasteiger charge is -2.32. The summed E-state index contributed by atoms with van der Waals surface area (Å²) in [6, 6.07) is 44.3. The van der Waals surface area contributed by atoms with Crippen molar-refractivity contribution in [3.8, 4) is 68.0 Å². The summed E-state index contributed by atoms with van der Waals surface area (Å²) >= 11 is 0. The number of aromatic nitrogens is 4. The van der Waals surface area contributed by atoms with Gasteiger partial charge in [0.05, 0.1) is 33.2 Å². The maximum absolute atomic E-state index is 6.61. The number of nitrogens with zero attached hydrogens (tertiary/aromatic N) is 4. The maximum Gasteiger partial charge on any atom is 0.252 e. The molecule has 238 valence electrons. The Morgan fingerprint density at radius 3 is 1.71 bits per heavy atom. The summed E-state index contributed by atoms with van der Waals surface area (Å²) in [4.78, 5) is 0. The quantitative estimate of drug-likeness (QED) is 0.165. The van der Waals surface area contributed by atoms with Crippen LogP contribution in [0.1, 0.15) is 0 Å². The van der Waals surface area contributed by atoms with Crippen molar-refractivity contribution in [1.29, 1.82) is 0 Å². The van der Waals surface area contributed by atoms with Gasteiger partial charge in [0.2, 0.25) is 0 Å². The van der Waals surface area contributed by atoms with Gasteiger partial charge in [-0.15, -0.1) is 0 Å². The van der Waals surface area contributed by atoms with E-state index in [1.165, 1.54) is 16.4 Å². The number of rotatable bonds is 1. The average molecular weight is 664 g/mol. The van der Waals surface area contributed by atoms with Gasteiger partial charge in [-0.25, -0.2) is 9.36 Å². The highest BCUT2D eigenvalue weighted by Crippen LogP contribution is 2.50. The first kappa shape index (κ1) is 25.9. The number of benzene rings is 7. The van der Waals surface area contributed by atoms with Crippen molar-refractivity contribution in [2.75, 3.05) is 0 Å². The summed E-state index contributed by atoms with van der Waals surface area (Å²) in [5.74, 6) is 3.29. The molecule has 0 aliphatic carbocycles. The van der Waals surface area contributed by atoms with E-state index in [0.717, 1.165) is 112 Å². The van der Waals surface area contributed by atoms with Crippen LogP contribution in [0.15, 0.2) is 132 Å². The fourth-order valence-corrected chi connectivity index (χ4v) is 9.47. The molecular weight excluding hydrogens is 643 g/mol. The van der Waals surface area contributed by atoms with Crippen molar-refractivity contribution < 1.29 is 13.9 Å². The summed E-state index contributed by atoms with van der Waals surface area (Å²) in [6.07, 6.45) is 0. The van der Waals surface area contributed by atoms with E-state index in [4.69, 9.17) is 24.1 Å². The molecule has 3 aromatic heterocycles. The normalized spacial score (nSPS) is 13.7. The van der Waals surface area contributed by atoms with E-state index in [-0.39, 0.29) is 6.71 Å². The Morgan fingerprint density at radius 1 is 0.500 bits per heavy atom. The first-order valence-corrected chi connectivity index (χ1v) is 17.5. The topological polar surface area (TPSA) is 67.2 Å². The van der Waals surface area contributed by atoms with Gasteiger partial charge in [-0.3, -0.25) is 0 Å². The van der Waals surface area contributed by atoms with Crippen molar-refractivity contribution in [3.63, 3.8) is 0 Å². The number of fused-ring (bicyclic) bond motifs is 11. The molecule has 8 heteroatoms. The van der Waals surface area contributed by atoms with Crippen molar-refractivity contribution in [1.82, 2.24) is 19.6 Å². The highest BCUT2D eigenvalue weighted by Gasteiger charge is 2.44. The standard InChI is InChI=1S/C44H21BN4O3/c1-4-13-32-24(8-1)25-12-7-11-23(44(25)52-32)22-20-30-39-31(21-22)49-43-29(17-19-36-38(43)41(47-49)27-10-3-6-15-34(27)51-36)45(39)28-16-18-35-37-40(46-48(30)42(28)37)26-9-2-5-14-33(26)50-35/h1-21H. The molecule has 0 amide bonds. The highest BCUT2D eigenvalue weighted by molar-refractivity contribution is 7.00. The minimum Gasteiger partial charge on any atom is -0.456 e. The van der Waals surface area contributed by atoms with E-state index in [9.17, 15) is 0 Å². The predicted molar refractivity (Wildman–Crippen MR) is 204 cm³/mol. The molecule has 0 unspecified atom stereocenters. The molecule has 7 heterocycles. The van der Waals surface area contributed by atoms with E-state index < -0.39 is 0 Å². The van der Waals surface area contributed by atoms with Gasteiger partial charge in [-0.05, 0) is 76.5 Å². The molecule has 0 saturated carbocycles. The number of para-hydroxylation sites is 4. The van der Waals surface area contributed by atoms with Crippen LogP contribution in [0.2, 0.25) is 0 Å². The van der Waals surface area contributed by atoms with E-state index in [1.807, 2.05) is 36.4 Å². The lowest BCUT2D eigenvalue weighted by atomic mass is 9.34. The van der Waals surface area contributed by atoms with Gasteiger partial charge in [0.1, 0.15) is 45.6 Å². The molecule has 0 radical (unpaired) electrons. The fraction of sp³-hybridized carbons (Fsp3) is 0. The molecule has 4 aliphatic rings. The first-order chi connectivity index (χ1) is 25.8. The summed E-state index contributed by atoms with van der Waals surface area (Å²) in [7, 11) is 0. The molecule has 0 N–H and O–H groups in total. The second-order valence-electron chi connectivity index (χ2n) is 14.1. The SMILES string of the molecule is c1ccc2c(c1)Oc1ccc3c4c1c-2nn4-c1cc(-c2cccc4c2oc2ccccc24)cc2c1B3c1ccc3c4c(nn-2c14)-c1ccccc1O3. The van der Waals surface area contributed by atoms with Gasteiger partial charge >= 0.3 is 0 Å². The lowest BCUT2D eigenvalue weighted by Crippen LogP contribution is -2.59. The second kappa shape index (κ2) is 8.62. The third-order valence-electron chi connectivity index (χ3n) is 11.6. The molecule has 7 nitrogen and oxygen atoms in total. The fourth-order valence-electron chi connectivity index (χ4n) is 9.47. The molecule has 7 aromatic carbocycles. The summed E-state index contributed by atoms with van der Waals surface area (Å²) in [6.45, 7) is -0.0624. The Balaban J connectivity index is 1.15. The smallest absolute Gasteiger partial charge is 0.252 e. The van der Waals surface area contributed by atoms with Crippen molar-refractivity contribution in [3.05, 3.63) is 127 Å². The van der Waals surface area contributed by atoms with Crippen molar-refractivity contribution >= 4 is 66.8 Å². The van der Waals surface area contributed by atoms with Gasteiger partial charge in [0, 0.05) is 27.5 Å². The predicted octanol–water partition coefficient (Wildman–Crippen LogP) is 8.62. The zero-order valence-corrected chi connectivity index (χ0v) is 27.2. The number of ether oxygens (including phenoxy) is 2. The Hall–Kier alpha value is -7.06. The van der Waals surface area contributed by atoms with Crippen LogP contribution >= 0.6 is 0 Å². The Morgan fingerprint density at radius 2 is 1.06 bits per heavy atom. The molecule has 14 rings (SSSR count). The second-order valence-corrected chi connectivity index (χ2v) is 14.1. The molecule has 10 aromatic rings. The van der Waals surface area contributed by atoms with Gasteiger partial charge < -0.3 is 13.9 Å². The molecule has 52 heavy (non-hydrogen) atoms. The highest BCUT2D eigenvalue weighted by atomic mass is 16.5. The van der Waals surface area contributed by atoms with Gasteiger partial charge in [0.15, 0.2) is 0 Å². The largest absolute Gasteiger partial charge is 0.456 e. The monoisotopic (exact) mass is 664 g/mol. The summed E-state index contributed by atoms with van der Waals surface area (Å²) in [5, 5.41) is 15.2. The zero-order chi connectivity index (χ0) is 33.4. The Labute approximate surface area is 294 Å². The lowest BCUT2D eigenvalue weighted by molar-refractivity contribution is 0.486. The third kappa shape index (κ3) is 2.88. The molecule has 0 fully saturated rings. The molecule has 0 spiro atoms. The minimum atomic E-state index is -0.0624.